The van der Waals surface area contributed by atoms with Gasteiger partial charge in [0.2, 0.25) is 11.8 Å². The van der Waals surface area contributed by atoms with Crippen molar-refractivity contribution < 1.29 is 100 Å². The van der Waals surface area contributed by atoms with Gasteiger partial charge >= 0.3 is 74.9 Å². The fraction of sp³-hybridized carbons (Fsp3) is 0.250. The summed E-state index contributed by atoms with van der Waals surface area (Å²) in [7, 11) is 0. The predicted octanol–water partition coefficient (Wildman–Crippen LogP) is -7.25. The van der Waals surface area contributed by atoms with E-state index in [4.69, 9.17) is 0 Å². The molecule has 1 fully saturated rings. The second-order valence-electron chi connectivity index (χ2n) is 1.60. The Hall–Kier alpha value is 1.14. The molecule has 1 saturated heterocycles. The molecule has 0 aromatic carbocycles. The van der Waals surface area contributed by atoms with Gasteiger partial charge < -0.3 is 17.0 Å². The Morgan fingerprint density at radius 2 is 1.36 bits per heavy atom. The van der Waals surface area contributed by atoms with Crippen molar-refractivity contribution in [2.45, 2.75) is 6.42 Å². The zero-order chi connectivity index (χ0) is 6.85. The molecule has 7 heteroatoms. The number of rotatable bonds is 0. The molecule has 1 heterocycles. The van der Waals surface area contributed by atoms with Crippen LogP contribution in [0, 0.1) is 0 Å². The molecule has 11 heavy (non-hydrogen) atoms. The van der Waals surface area contributed by atoms with Gasteiger partial charge in [-0.25, -0.2) is 4.79 Å². The third-order valence-corrected chi connectivity index (χ3v) is 0.827. The summed E-state index contributed by atoms with van der Waals surface area (Å²) in [4.78, 5) is 30.8. The van der Waals surface area contributed by atoms with Crippen molar-refractivity contribution in [3.8, 4) is 0 Å². The van der Waals surface area contributed by atoms with Gasteiger partial charge in [-0.15, -0.1) is 0 Å². The van der Waals surface area contributed by atoms with Gasteiger partial charge in [0.15, 0.2) is 0 Å². The number of carbonyl (C=O) groups is 3. The minimum absolute atomic E-state index is 0. The van der Waals surface area contributed by atoms with Gasteiger partial charge in [-0.2, -0.15) is 0 Å². The molecule has 0 aliphatic carbocycles. The Bertz CT molecular complexity index is 150. The van der Waals surface area contributed by atoms with E-state index in [1.807, 2.05) is 10.6 Å². The molecule has 1 rings (SSSR count). The van der Waals surface area contributed by atoms with E-state index >= 15 is 0 Å². The van der Waals surface area contributed by atoms with Gasteiger partial charge in [0, 0.05) is 0 Å². The van der Waals surface area contributed by atoms with Crippen LogP contribution in [-0.2, 0) is 9.59 Å². The number of nitrogens with one attached hydrogen (secondary N) is 2. The zero-order valence-corrected chi connectivity index (χ0v) is 13.7. The van der Waals surface area contributed by atoms with Gasteiger partial charge in [0.25, 0.3) is 0 Å². The van der Waals surface area contributed by atoms with Gasteiger partial charge in [-0.05, 0) is 0 Å². The van der Waals surface area contributed by atoms with Gasteiger partial charge in [-0.3, -0.25) is 20.2 Å². The van der Waals surface area contributed by atoms with Crippen LogP contribution in [0.3, 0.4) is 0 Å². The monoisotopic (exact) mass is 340 g/mol. The summed E-state index contributed by atoms with van der Waals surface area (Å²) < 4.78 is 0. The first kappa shape index (κ1) is 14.7. The molecule has 1 aliphatic heterocycles. The van der Waals surface area contributed by atoms with E-state index in [9.17, 15) is 14.4 Å². The summed E-state index contributed by atoms with van der Waals surface area (Å²) in [5.41, 5.74) is 0. The maximum absolute atomic E-state index is 10.3. The minimum Gasteiger partial charge on any atom is -1.00 e. The van der Waals surface area contributed by atoms with E-state index < -0.39 is 17.8 Å². The largest absolute Gasteiger partial charge is 1.00 e. The Kier molecular flexibility index (Phi) is 8.84. The molecule has 0 aromatic heterocycles. The van der Waals surface area contributed by atoms with Crippen molar-refractivity contribution >= 4 is 17.8 Å². The number of hydrogen-bond acceptors (Lipinski definition) is 3. The molecule has 2 N–H and O–H groups in total. The van der Waals surface area contributed by atoms with Crippen molar-refractivity contribution in [1.82, 2.24) is 10.6 Å². The number of halogens is 1. The summed E-state index contributed by atoms with van der Waals surface area (Å²) in [6, 6.07) is -0.740. The summed E-state index contributed by atoms with van der Waals surface area (Å²) in [5, 5.41) is 3.80. The van der Waals surface area contributed by atoms with E-state index in [2.05, 4.69) is 0 Å². The third kappa shape index (κ3) is 5.39. The maximum Gasteiger partial charge on any atom is 1.00 e. The van der Waals surface area contributed by atoms with Crippen LogP contribution in [0.5, 0.6) is 0 Å². The van der Waals surface area contributed by atoms with Crippen molar-refractivity contribution in [3.05, 3.63) is 0 Å². The van der Waals surface area contributed by atoms with Crippen molar-refractivity contribution in [1.29, 1.82) is 0 Å². The summed E-state index contributed by atoms with van der Waals surface area (Å²) >= 11 is 0. The molecular formula is C4H4BrCsN2O3. The summed E-state index contributed by atoms with van der Waals surface area (Å²) in [6.07, 6.45) is -0.258. The average molecular weight is 341 g/mol. The van der Waals surface area contributed by atoms with E-state index in [-0.39, 0.29) is 92.3 Å². The summed E-state index contributed by atoms with van der Waals surface area (Å²) in [5.74, 6) is -1.10. The van der Waals surface area contributed by atoms with Gasteiger partial charge in [0.05, 0.1) is 0 Å². The van der Waals surface area contributed by atoms with Gasteiger partial charge in [-0.1, -0.05) is 0 Å². The molecule has 0 unspecified atom stereocenters. The van der Waals surface area contributed by atoms with Gasteiger partial charge in [0.1, 0.15) is 6.42 Å². The number of urea groups is 1. The first-order chi connectivity index (χ1) is 4.18. The van der Waals surface area contributed by atoms with Crippen LogP contribution in [-0.4, -0.2) is 17.8 Å². The molecule has 0 atom stereocenters. The Labute approximate surface area is 132 Å². The van der Waals surface area contributed by atoms with Crippen LogP contribution < -0.4 is 96.5 Å². The SMILES string of the molecule is O=C1CC(=O)NC(=O)N1.[Br-].[Cs+]. The maximum atomic E-state index is 10.3. The van der Waals surface area contributed by atoms with Crippen LogP contribution in [0.25, 0.3) is 0 Å². The van der Waals surface area contributed by atoms with Crippen LogP contribution in [0.4, 0.5) is 4.79 Å². The number of carbonyl (C=O) groups excluding carboxylic acids is 3. The normalized spacial score (nSPS) is 15.5. The van der Waals surface area contributed by atoms with E-state index in [0.717, 1.165) is 0 Å². The summed E-state index contributed by atoms with van der Waals surface area (Å²) in [6.45, 7) is 0. The molecule has 0 radical (unpaired) electrons. The van der Waals surface area contributed by atoms with Crippen molar-refractivity contribution in [2.75, 3.05) is 0 Å². The number of hydrogen-bond donors (Lipinski definition) is 2. The molecule has 56 valence electrons. The molecule has 1 aliphatic rings. The minimum atomic E-state index is -0.740. The Balaban J connectivity index is 0. The van der Waals surface area contributed by atoms with E-state index in [1.54, 1.807) is 0 Å². The number of imide groups is 2. The quantitative estimate of drug-likeness (QED) is 0.430. The Morgan fingerprint density at radius 1 is 1.00 bits per heavy atom. The molecule has 0 saturated carbocycles. The Morgan fingerprint density at radius 3 is 1.64 bits per heavy atom. The topological polar surface area (TPSA) is 75.3 Å². The fourth-order valence-corrected chi connectivity index (χ4v) is 0.519. The predicted molar refractivity (Wildman–Crippen MR) is 26.3 cm³/mol. The molecule has 0 aromatic rings. The first-order valence-electron chi connectivity index (χ1n) is 2.32. The van der Waals surface area contributed by atoms with Crippen molar-refractivity contribution in [3.63, 3.8) is 0 Å². The third-order valence-electron chi connectivity index (χ3n) is 0.827. The molecule has 0 spiro atoms. The molecular weight excluding hydrogens is 337 g/mol. The fourth-order valence-electron chi connectivity index (χ4n) is 0.519. The van der Waals surface area contributed by atoms with Crippen LogP contribution in [0.15, 0.2) is 0 Å². The zero-order valence-electron chi connectivity index (χ0n) is 5.81. The standard InChI is InChI=1S/C4H4N2O3.BrH.Cs/c7-2-1-3(8)6-4(9)5-2;;/h1H2,(H2,5,6,7,8,9);1H;/q;;+1/p-1. The van der Waals surface area contributed by atoms with Crippen LogP contribution >= 0.6 is 0 Å². The number of amides is 4. The average Bonchev–Trinajstić information content (AvgIpc) is 1.59. The van der Waals surface area contributed by atoms with E-state index in [1.165, 1.54) is 0 Å². The second-order valence-corrected chi connectivity index (χ2v) is 1.60. The van der Waals surface area contributed by atoms with Crippen LogP contribution in [0.1, 0.15) is 6.42 Å². The van der Waals surface area contributed by atoms with Crippen LogP contribution in [0.2, 0.25) is 0 Å². The second kappa shape index (κ2) is 6.64. The van der Waals surface area contributed by atoms with Crippen molar-refractivity contribution in [2.24, 2.45) is 0 Å². The van der Waals surface area contributed by atoms with E-state index in [0.29, 0.717) is 0 Å². The molecule has 0 bridgehead atoms. The first-order valence-corrected chi connectivity index (χ1v) is 2.32. The molecule has 4 amide bonds. The number of barbiturate groups is 1. The smallest absolute Gasteiger partial charge is 1.00 e. The molecule has 5 nitrogen and oxygen atoms in total.